The highest BCUT2D eigenvalue weighted by molar-refractivity contribution is 9.10. The van der Waals surface area contributed by atoms with E-state index >= 15 is 0 Å². The van der Waals surface area contributed by atoms with Crippen molar-refractivity contribution in [3.05, 3.63) is 52.3 Å². The minimum atomic E-state index is -0.340. The van der Waals surface area contributed by atoms with Crippen LogP contribution in [0, 0.1) is 17.1 Å². The van der Waals surface area contributed by atoms with E-state index in [0.29, 0.717) is 22.6 Å². The summed E-state index contributed by atoms with van der Waals surface area (Å²) in [6.07, 6.45) is 0. The summed E-state index contributed by atoms with van der Waals surface area (Å²) < 4.78 is 13.9. The SMILES string of the molecule is N#Cc1ccc(Nc2cc(F)ccc2Br)c(N)c1. The fourth-order valence-corrected chi connectivity index (χ4v) is 1.83. The Balaban J connectivity index is 2.34. The zero-order valence-electron chi connectivity index (χ0n) is 9.24. The van der Waals surface area contributed by atoms with Gasteiger partial charge >= 0.3 is 0 Å². The molecule has 2 rings (SSSR count). The maximum absolute atomic E-state index is 13.1. The molecule has 0 aliphatic heterocycles. The van der Waals surface area contributed by atoms with Crippen LogP contribution < -0.4 is 11.1 Å². The molecule has 0 bridgehead atoms. The Bertz CT molecular complexity index is 635. The molecule has 3 N–H and O–H groups in total. The van der Waals surface area contributed by atoms with Gasteiger partial charge in [-0.05, 0) is 52.3 Å². The third kappa shape index (κ3) is 2.60. The van der Waals surface area contributed by atoms with Crippen LogP contribution >= 0.6 is 15.9 Å². The van der Waals surface area contributed by atoms with Gasteiger partial charge in [-0.2, -0.15) is 5.26 Å². The fourth-order valence-electron chi connectivity index (χ4n) is 1.48. The number of nitrogens with two attached hydrogens (primary N) is 1. The van der Waals surface area contributed by atoms with Gasteiger partial charge in [-0.15, -0.1) is 0 Å². The normalized spacial score (nSPS) is 9.83. The monoisotopic (exact) mass is 305 g/mol. The molecule has 0 amide bonds. The first-order chi connectivity index (χ1) is 8.60. The van der Waals surface area contributed by atoms with E-state index < -0.39 is 0 Å². The molecule has 0 atom stereocenters. The number of halogens is 2. The van der Waals surface area contributed by atoms with E-state index in [0.717, 1.165) is 4.47 Å². The fraction of sp³-hybridized carbons (Fsp3) is 0. The Hall–Kier alpha value is -2.06. The summed E-state index contributed by atoms with van der Waals surface area (Å²) in [7, 11) is 0. The van der Waals surface area contributed by atoms with Crippen LogP contribution in [0.5, 0.6) is 0 Å². The van der Waals surface area contributed by atoms with Gasteiger partial charge in [0, 0.05) is 4.47 Å². The average molecular weight is 306 g/mol. The molecule has 2 aromatic carbocycles. The van der Waals surface area contributed by atoms with Gasteiger partial charge in [-0.1, -0.05) is 0 Å². The van der Waals surface area contributed by atoms with Gasteiger partial charge in [-0.3, -0.25) is 0 Å². The molecule has 0 heterocycles. The molecule has 0 saturated carbocycles. The first kappa shape index (κ1) is 12.4. The summed E-state index contributed by atoms with van der Waals surface area (Å²) in [5.74, 6) is -0.340. The number of nitrogens with zero attached hydrogens (tertiary/aromatic N) is 1. The first-order valence-corrected chi connectivity index (χ1v) is 5.91. The lowest BCUT2D eigenvalue weighted by Crippen LogP contribution is -1.98. The van der Waals surface area contributed by atoms with Crippen molar-refractivity contribution in [2.75, 3.05) is 11.1 Å². The van der Waals surface area contributed by atoms with Crippen LogP contribution in [0.25, 0.3) is 0 Å². The minimum absolute atomic E-state index is 0.340. The van der Waals surface area contributed by atoms with Crippen molar-refractivity contribution in [1.29, 1.82) is 5.26 Å². The van der Waals surface area contributed by atoms with Crippen molar-refractivity contribution >= 4 is 33.0 Å². The van der Waals surface area contributed by atoms with Crippen molar-refractivity contribution < 1.29 is 4.39 Å². The molecule has 0 spiro atoms. The lowest BCUT2D eigenvalue weighted by atomic mass is 10.2. The van der Waals surface area contributed by atoms with E-state index in [1.54, 1.807) is 24.3 Å². The highest BCUT2D eigenvalue weighted by Gasteiger charge is 2.05. The van der Waals surface area contributed by atoms with E-state index in [-0.39, 0.29) is 5.82 Å². The third-order valence-corrected chi connectivity index (χ3v) is 3.07. The van der Waals surface area contributed by atoms with Crippen LogP contribution in [0.1, 0.15) is 5.56 Å². The smallest absolute Gasteiger partial charge is 0.125 e. The van der Waals surface area contributed by atoms with Crippen LogP contribution in [0.4, 0.5) is 21.5 Å². The van der Waals surface area contributed by atoms with Crippen molar-refractivity contribution in [3.63, 3.8) is 0 Å². The van der Waals surface area contributed by atoms with E-state index in [1.165, 1.54) is 12.1 Å². The van der Waals surface area contributed by atoms with Crippen molar-refractivity contribution in [1.82, 2.24) is 0 Å². The molecule has 0 radical (unpaired) electrons. The molecule has 3 nitrogen and oxygen atoms in total. The van der Waals surface area contributed by atoms with E-state index in [4.69, 9.17) is 11.0 Å². The number of hydrogen-bond donors (Lipinski definition) is 2. The second-order valence-corrected chi connectivity index (χ2v) is 4.52. The number of nitriles is 1. The van der Waals surface area contributed by atoms with Crippen molar-refractivity contribution in [2.45, 2.75) is 0 Å². The Morgan fingerprint density at radius 2 is 1.94 bits per heavy atom. The first-order valence-electron chi connectivity index (χ1n) is 5.12. The van der Waals surface area contributed by atoms with E-state index in [9.17, 15) is 4.39 Å². The summed E-state index contributed by atoms with van der Waals surface area (Å²) in [4.78, 5) is 0. The molecule has 18 heavy (non-hydrogen) atoms. The van der Waals surface area contributed by atoms with Crippen LogP contribution in [0.3, 0.4) is 0 Å². The largest absolute Gasteiger partial charge is 0.397 e. The molecule has 2 aromatic rings. The molecule has 0 saturated heterocycles. The molecule has 0 fully saturated rings. The van der Waals surface area contributed by atoms with Gasteiger partial charge in [0.2, 0.25) is 0 Å². The Kier molecular flexibility index (Phi) is 3.49. The van der Waals surface area contributed by atoms with Crippen LogP contribution in [0.15, 0.2) is 40.9 Å². The molecule has 0 aliphatic carbocycles. The summed E-state index contributed by atoms with van der Waals surface area (Å²) in [6, 6.07) is 11.2. The van der Waals surface area contributed by atoms with Gasteiger partial charge in [0.15, 0.2) is 0 Å². The van der Waals surface area contributed by atoms with Crippen LogP contribution in [-0.2, 0) is 0 Å². The molecule has 0 unspecified atom stereocenters. The topological polar surface area (TPSA) is 61.8 Å². The summed E-state index contributed by atoms with van der Waals surface area (Å²) in [6.45, 7) is 0. The zero-order valence-corrected chi connectivity index (χ0v) is 10.8. The maximum Gasteiger partial charge on any atom is 0.125 e. The molecule has 5 heteroatoms. The molecule has 90 valence electrons. The zero-order chi connectivity index (χ0) is 13.1. The Labute approximate surface area is 112 Å². The van der Waals surface area contributed by atoms with Crippen molar-refractivity contribution in [3.8, 4) is 6.07 Å². The Morgan fingerprint density at radius 1 is 1.17 bits per heavy atom. The average Bonchev–Trinajstić information content (AvgIpc) is 2.36. The lowest BCUT2D eigenvalue weighted by Gasteiger charge is -2.11. The summed E-state index contributed by atoms with van der Waals surface area (Å²) >= 11 is 3.32. The van der Waals surface area contributed by atoms with Gasteiger partial charge in [-0.25, -0.2) is 4.39 Å². The maximum atomic E-state index is 13.1. The number of nitrogens with one attached hydrogen (secondary N) is 1. The molecule has 0 aliphatic rings. The molecular formula is C13H9BrFN3. The van der Waals surface area contributed by atoms with Gasteiger partial charge in [0.05, 0.1) is 28.7 Å². The van der Waals surface area contributed by atoms with E-state index in [2.05, 4.69) is 21.2 Å². The number of nitrogen functional groups attached to an aromatic ring is 1. The van der Waals surface area contributed by atoms with E-state index in [1.807, 2.05) is 6.07 Å². The number of hydrogen-bond acceptors (Lipinski definition) is 3. The molecular weight excluding hydrogens is 297 g/mol. The third-order valence-electron chi connectivity index (χ3n) is 2.38. The summed E-state index contributed by atoms with van der Waals surface area (Å²) in [5.41, 5.74) is 7.93. The van der Waals surface area contributed by atoms with Gasteiger partial charge in [0.25, 0.3) is 0 Å². The standard InChI is InChI=1S/C13H9BrFN3/c14-10-3-2-9(15)6-13(10)18-12-4-1-8(7-16)5-11(12)17/h1-6,18H,17H2. The Morgan fingerprint density at radius 3 is 2.61 bits per heavy atom. The lowest BCUT2D eigenvalue weighted by molar-refractivity contribution is 0.628. The minimum Gasteiger partial charge on any atom is -0.397 e. The number of benzene rings is 2. The van der Waals surface area contributed by atoms with Crippen LogP contribution in [-0.4, -0.2) is 0 Å². The summed E-state index contributed by atoms with van der Waals surface area (Å²) in [5, 5.41) is 11.8. The van der Waals surface area contributed by atoms with Crippen molar-refractivity contribution in [2.24, 2.45) is 0 Å². The predicted octanol–water partition coefficient (Wildman–Crippen LogP) is 3.79. The number of anilines is 3. The highest BCUT2D eigenvalue weighted by atomic mass is 79.9. The molecule has 0 aromatic heterocycles. The highest BCUT2D eigenvalue weighted by Crippen LogP contribution is 2.29. The second kappa shape index (κ2) is 5.07. The van der Waals surface area contributed by atoms with Crippen LogP contribution in [0.2, 0.25) is 0 Å². The van der Waals surface area contributed by atoms with Gasteiger partial charge < -0.3 is 11.1 Å². The van der Waals surface area contributed by atoms with Gasteiger partial charge in [0.1, 0.15) is 5.82 Å². The predicted molar refractivity (Wildman–Crippen MR) is 73.0 cm³/mol. The number of rotatable bonds is 2. The quantitative estimate of drug-likeness (QED) is 0.830. The second-order valence-electron chi connectivity index (χ2n) is 3.66.